The highest BCUT2D eigenvalue weighted by Gasteiger charge is 2.41. The van der Waals surface area contributed by atoms with Crippen LogP contribution in [0.4, 0.5) is 5.69 Å². The van der Waals surface area contributed by atoms with Crippen molar-refractivity contribution >= 4 is 5.69 Å². The first-order chi connectivity index (χ1) is 9.79. The van der Waals surface area contributed by atoms with Gasteiger partial charge in [-0.3, -0.25) is 0 Å². The molecule has 0 spiro atoms. The number of nitrogens with one attached hydrogen (secondary N) is 1. The Labute approximate surface area is 119 Å². The third-order valence-corrected chi connectivity index (χ3v) is 4.39. The van der Waals surface area contributed by atoms with Gasteiger partial charge in [-0.2, -0.15) is 0 Å². The summed E-state index contributed by atoms with van der Waals surface area (Å²) in [6, 6.07) is 9.27. The third kappa shape index (κ3) is 2.45. The van der Waals surface area contributed by atoms with E-state index in [1.165, 1.54) is 31.4 Å². The summed E-state index contributed by atoms with van der Waals surface area (Å²) < 4.78 is 5.27. The van der Waals surface area contributed by atoms with Gasteiger partial charge in [0.25, 0.3) is 0 Å². The van der Waals surface area contributed by atoms with E-state index < -0.39 is 0 Å². The summed E-state index contributed by atoms with van der Waals surface area (Å²) in [6.45, 7) is 1.87. The van der Waals surface area contributed by atoms with Crippen LogP contribution in [0.15, 0.2) is 34.9 Å². The highest BCUT2D eigenvalue weighted by Crippen LogP contribution is 2.45. The predicted molar refractivity (Wildman–Crippen MR) is 79.5 cm³/mol. The minimum atomic E-state index is 0.704. The second-order valence-electron chi connectivity index (χ2n) is 6.17. The van der Waals surface area contributed by atoms with Crippen LogP contribution in [0, 0.1) is 18.8 Å². The van der Waals surface area contributed by atoms with Crippen LogP contribution in [0.2, 0.25) is 0 Å². The Bertz CT molecular complexity index is 582. The van der Waals surface area contributed by atoms with E-state index in [0.29, 0.717) is 11.9 Å². The van der Waals surface area contributed by atoms with Crippen molar-refractivity contribution in [3.8, 4) is 11.3 Å². The number of aryl methyl sites for hydroxylation is 1. The monoisotopic (exact) mass is 268 g/mol. The Kier molecular flexibility index (Phi) is 2.79. The molecule has 1 heterocycles. The number of anilines is 1. The zero-order valence-corrected chi connectivity index (χ0v) is 11.8. The number of oxazole rings is 1. The molecule has 0 saturated heterocycles. The van der Waals surface area contributed by atoms with Crippen molar-refractivity contribution in [2.75, 3.05) is 5.32 Å². The van der Waals surface area contributed by atoms with Crippen molar-refractivity contribution in [3.63, 3.8) is 0 Å². The molecule has 0 radical (unpaired) electrons. The fourth-order valence-corrected chi connectivity index (χ4v) is 2.96. The van der Waals surface area contributed by atoms with Gasteiger partial charge < -0.3 is 9.73 Å². The fraction of sp³-hybridized carbons (Fsp3) is 0.471. The maximum absolute atomic E-state index is 5.27. The molecule has 2 aliphatic carbocycles. The standard InChI is InChI=1S/C17H20N2O/c1-11-18-16(10-20-11)12-6-8-15(9-7-12)19-17(13-2-3-13)14-4-5-14/h6-10,13-14,17,19H,2-5H2,1H3. The van der Waals surface area contributed by atoms with Crippen molar-refractivity contribution in [2.24, 2.45) is 11.8 Å². The van der Waals surface area contributed by atoms with Crippen molar-refractivity contribution in [1.82, 2.24) is 4.98 Å². The molecule has 0 aliphatic heterocycles. The summed E-state index contributed by atoms with van der Waals surface area (Å²) in [6.07, 6.45) is 7.35. The number of rotatable bonds is 5. The average molecular weight is 268 g/mol. The summed E-state index contributed by atoms with van der Waals surface area (Å²) in [7, 11) is 0. The van der Waals surface area contributed by atoms with Crippen molar-refractivity contribution < 1.29 is 4.42 Å². The van der Waals surface area contributed by atoms with Gasteiger partial charge in [0, 0.05) is 24.2 Å². The molecule has 4 rings (SSSR count). The van der Waals surface area contributed by atoms with Gasteiger partial charge in [-0.25, -0.2) is 4.98 Å². The Balaban J connectivity index is 1.49. The van der Waals surface area contributed by atoms with Gasteiger partial charge in [-0.05, 0) is 49.7 Å². The Morgan fingerprint density at radius 3 is 2.25 bits per heavy atom. The van der Waals surface area contributed by atoms with Crippen LogP contribution in [0.5, 0.6) is 0 Å². The van der Waals surface area contributed by atoms with E-state index in [0.717, 1.165) is 23.1 Å². The quantitative estimate of drug-likeness (QED) is 0.881. The molecule has 3 heteroatoms. The molecule has 1 aromatic carbocycles. The van der Waals surface area contributed by atoms with Crippen LogP contribution in [-0.2, 0) is 0 Å². The van der Waals surface area contributed by atoms with E-state index in [-0.39, 0.29) is 0 Å². The van der Waals surface area contributed by atoms with E-state index in [1.807, 2.05) is 6.92 Å². The molecular weight excluding hydrogens is 248 g/mol. The second kappa shape index (κ2) is 4.65. The molecule has 3 nitrogen and oxygen atoms in total. The summed E-state index contributed by atoms with van der Waals surface area (Å²) in [4.78, 5) is 4.36. The largest absolute Gasteiger partial charge is 0.449 e. The lowest BCUT2D eigenvalue weighted by Gasteiger charge is -2.19. The van der Waals surface area contributed by atoms with E-state index in [1.54, 1.807) is 6.26 Å². The zero-order chi connectivity index (χ0) is 13.5. The van der Waals surface area contributed by atoms with Crippen LogP contribution < -0.4 is 5.32 Å². The van der Waals surface area contributed by atoms with Crippen molar-refractivity contribution in [3.05, 3.63) is 36.4 Å². The molecule has 0 bridgehead atoms. The molecule has 1 N–H and O–H groups in total. The van der Waals surface area contributed by atoms with E-state index in [4.69, 9.17) is 4.42 Å². The van der Waals surface area contributed by atoms with Gasteiger partial charge in [0.2, 0.25) is 0 Å². The smallest absolute Gasteiger partial charge is 0.191 e. The van der Waals surface area contributed by atoms with Crippen LogP contribution >= 0.6 is 0 Å². The lowest BCUT2D eigenvalue weighted by Crippen LogP contribution is -2.24. The summed E-state index contributed by atoms with van der Waals surface area (Å²) in [5, 5.41) is 3.74. The normalized spacial score (nSPS) is 18.5. The molecular formula is C17H20N2O. The molecule has 0 amide bonds. The number of nitrogens with zero attached hydrogens (tertiary/aromatic N) is 1. The molecule has 104 valence electrons. The predicted octanol–water partition coefficient (Wildman–Crippen LogP) is 4.25. The lowest BCUT2D eigenvalue weighted by molar-refractivity contribution is 0.521. The summed E-state index contributed by atoms with van der Waals surface area (Å²) in [5.74, 6) is 2.55. The van der Waals surface area contributed by atoms with Crippen molar-refractivity contribution in [2.45, 2.75) is 38.6 Å². The van der Waals surface area contributed by atoms with E-state index in [9.17, 15) is 0 Å². The van der Waals surface area contributed by atoms with Gasteiger partial charge in [-0.15, -0.1) is 0 Å². The first-order valence-corrected chi connectivity index (χ1v) is 7.59. The number of hydrogen-bond acceptors (Lipinski definition) is 3. The Morgan fingerprint density at radius 1 is 1.10 bits per heavy atom. The molecule has 2 aromatic rings. The minimum Gasteiger partial charge on any atom is -0.449 e. The number of aromatic nitrogens is 1. The van der Waals surface area contributed by atoms with Crippen LogP contribution in [-0.4, -0.2) is 11.0 Å². The van der Waals surface area contributed by atoms with Crippen molar-refractivity contribution in [1.29, 1.82) is 0 Å². The number of benzene rings is 1. The SMILES string of the molecule is Cc1nc(-c2ccc(NC(C3CC3)C3CC3)cc2)co1. The van der Waals surface area contributed by atoms with Gasteiger partial charge in [0.1, 0.15) is 12.0 Å². The van der Waals surface area contributed by atoms with Crippen LogP contribution in [0.1, 0.15) is 31.6 Å². The van der Waals surface area contributed by atoms with Gasteiger partial charge in [0.15, 0.2) is 5.89 Å². The highest BCUT2D eigenvalue weighted by atomic mass is 16.3. The van der Waals surface area contributed by atoms with Gasteiger partial charge >= 0.3 is 0 Å². The fourth-order valence-electron chi connectivity index (χ4n) is 2.96. The average Bonchev–Trinajstić information content (AvgIpc) is 3.36. The zero-order valence-electron chi connectivity index (χ0n) is 11.8. The molecule has 20 heavy (non-hydrogen) atoms. The topological polar surface area (TPSA) is 38.1 Å². The molecule has 2 aliphatic rings. The Morgan fingerprint density at radius 2 is 1.75 bits per heavy atom. The molecule has 0 unspecified atom stereocenters. The third-order valence-electron chi connectivity index (χ3n) is 4.39. The maximum Gasteiger partial charge on any atom is 0.191 e. The summed E-state index contributed by atoms with van der Waals surface area (Å²) in [5.41, 5.74) is 3.26. The van der Waals surface area contributed by atoms with Crippen LogP contribution in [0.3, 0.4) is 0 Å². The molecule has 1 aromatic heterocycles. The molecule has 2 fully saturated rings. The maximum atomic E-state index is 5.27. The second-order valence-corrected chi connectivity index (χ2v) is 6.17. The first-order valence-electron chi connectivity index (χ1n) is 7.59. The molecule has 0 atom stereocenters. The summed E-state index contributed by atoms with van der Waals surface area (Å²) >= 11 is 0. The first kappa shape index (κ1) is 12.0. The van der Waals surface area contributed by atoms with E-state index >= 15 is 0 Å². The number of hydrogen-bond donors (Lipinski definition) is 1. The van der Waals surface area contributed by atoms with Gasteiger partial charge in [0.05, 0.1) is 0 Å². The minimum absolute atomic E-state index is 0.704. The Hall–Kier alpha value is -1.77. The molecule has 2 saturated carbocycles. The van der Waals surface area contributed by atoms with Gasteiger partial charge in [-0.1, -0.05) is 12.1 Å². The highest BCUT2D eigenvalue weighted by molar-refractivity contribution is 5.62. The van der Waals surface area contributed by atoms with E-state index in [2.05, 4.69) is 34.6 Å². The van der Waals surface area contributed by atoms with Crippen LogP contribution in [0.25, 0.3) is 11.3 Å². The lowest BCUT2D eigenvalue weighted by atomic mass is 10.1.